The van der Waals surface area contributed by atoms with Crippen LogP contribution in [0.2, 0.25) is 0 Å². The molecule has 0 fully saturated rings. The zero-order valence-electron chi connectivity index (χ0n) is 11.0. The minimum Gasteiger partial charge on any atom is -0.490 e. The summed E-state index contributed by atoms with van der Waals surface area (Å²) in [5, 5.41) is 12.0. The molecule has 0 aliphatic carbocycles. The molecule has 18 heavy (non-hydrogen) atoms. The van der Waals surface area contributed by atoms with Crippen molar-refractivity contribution < 1.29 is 14.6 Å². The molecule has 0 atom stereocenters. The summed E-state index contributed by atoms with van der Waals surface area (Å²) < 4.78 is 10.4. The van der Waals surface area contributed by atoms with Gasteiger partial charge in [-0.05, 0) is 0 Å². The monoisotopic (exact) mass is 256 g/mol. The summed E-state index contributed by atoms with van der Waals surface area (Å²) >= 11 is 0. The smallest absolute Gasteiger partial charge is 0.204 e. The predicted molar refractivity (Wildman–Crippen MR) is 69.3 cm³/mol. The Hall–Kier alpha value is -1.60. The van der Waals surface area contributed by atoms with Gasteiger partial charge in [-0.2, -0.15) is 0 Å². The summed E-state index contributed by atoms with van der Waals surface area (Å²) in [6.07, 6.45) is 1.46. The molecule has 7 nitrogen and oxygen atoms in total. The van der Waals surface area contributed by atoms with Gasteiger partial charge in [-0.3, -0.25) is 0 Å². The molecule has 0 bridgehead atoms. The Morgan fingerprint density at radius 3 is 2.67 bits per heavy atom. The lowest BCUT2D eigenvalue weighted by atomic mass is 10.4. The van der Waals surface area contributed by atoms with Crippen LogP contribution < -0.4 is 15.0 Å². The number of nitrogens with zero attached hydrogens (tertiary/aromatic N) is 3. The molecular weight excluding hydrogens is 236 g/mol. The van der Waals surface area contributed by atoms with Crippen LogP contribution in [0.15, 0.2) is 6.33 Å². The Morgan fingerprint density at radius 2 is 2.11 bits per heavy atom. The first-order valence-corrected chi connectivity index (χ1v) is 5.70. The SMILES string of the molecule is CNc1ncnc(N(CCO)CCOC)c1OC. The molecule has 7 heteroatoms. The lowest BCUT2D eigenvalue weighted by molar-refractivity contribution is 0.202. The lowest BCUT2D eigenvalue weighted by Gasteiger charge is -2.24. The van der Waals surface area contributed by atoms with Crippen LogP contribution >= 0.6 is 0 Å². The van der Waals surface area contributed by atoms with Gasteiger partial charge in [-0.1, -0.05) is 0 Å². The minimum absolute atomic E-state index is 0.0335. The van der Waals surface area contributed by atoms with Crippen LogP contribution in [0.4, 0.5) is 11.6 Å². The number of aromatic nitrogens is 2. The first-order valence-electron chi connectivity index (χ1n) is 5.70. The third kappa shape index (κ3) is 3.44. The number of nitrogens with one attached hydrogen (secondary N) is 1. The van der Waals surface area contributed by atoms with E-state index in [-0.39, 0.29) is 6.61 Å². The second-order valence-electron chi connectivity index (χ2n) is 3.53. The maximum absolute atomic E-state index is 9.11. The van der Waals surface area contributed by atoms with E-state index in [0.717, 1.165) is 0 Å². The Labute approximate surface area is 107 Å². The van der Waals surface area contributed by atoms with E-state index < -0.39 is 0 Å². The zero-order chi connectivity index (χ0) is 13.4. The summed E-state index contributed by atoms with van der Waals surface area (Å²) in [5.41, 5.74) is 0. The molecule has 1 rings (SSSR count). The van der Waals surface area contributed by atoms with Gasteiger partial charge in [0.05, 0.1) is 20.3 Å². The Morgan fingerprint density at radius 1 is 1.33 bits per heavy atom. The molecule has 102 valence electrons. The highest BCUT2D eigenvalue weighted by atomic mass is 16.5. The molecule has 2 N–H and O–H groups in total. The third-order valence-electron chi connectivity index (χ3n) is 2.46. The number of anilines is 2. The summed E-state index contributed by atoms with van der Waals surface area (Å²) in [6, 6.07) is 0. The van der Waals surface area contributed by atoms with E-state index in [1.54, 1.807) is 21.3 Å². The molecule has 0 unspecified atom stereocenters. The van der Waals surface area contributed by atoms with E-state index >= 15 is 0 Å². The van der Waals surface area contributed by atoms with Gasteiger partial charge in [-0.15, -0.1) is 0 Å². The summed E-state index contributed by atoms with van der Waals surface area (Å²) in [7, 11) is 4.96. The van der Waals surface area contributed by atoms with Crippen molar-refractivity contribution in [1.82, 2.24) is 9.97 Å². The molecule has 1 aromatic heterocycles. The van der Waals surface area contributed by atoms with Crippen LogP contribution in [-0.4, -0.2) is 62.6 Å². The van der Waals surface area contributed by atoms with Crippen molar-refractivity contribution in [2.24, 2.45) is 0 Å². The predicted octanol–water partition coefficient (Wildman–Crippen LogP) is -0.0280. The zero-order valence-corrected chi connectivity index (χ0v) is 11.0. The summed E-state index contributed by atoms with van der Waals surface area (Å²) in [6.45, 7) is 1.65. The van der Waals surface area contributed by atoms with E-state index in [4.69, 9.17) is 14.6 Å². The number of aliphatic hydroxyl groups excluding tert-OH is 1. The number of aliphatic hydroxyl groups is 1. The molecule has 0 saturated carbocycles. The minimum atomic E-state index is 0.0335. The fraction of sp³-hybridized carbons (Fsp3) is 0.636. The van der Waals surface area contributed by atoms with E-state index in [0.29, 0.717) is 37.1 Å². The van der Waals surface area contributed by atoms with Crippen molar-refractivity contribution in [2.45, 2.75) is 0 Å². The third-order valence-corrected chi connectivity index (χ3v) is 2.46. The van der Waals surface area contributed by atoms with Gasteiger partial charge in [0.2, 0.25) is 5.75 Å². The maximum atomic E-state index is 9.11. The normalized spacial score (nSPS) is 10.2. The van der Waals surface area contributed by atoms with Gasteiger partial charge in [0, 0.05) is 27.2 Å². The number of hydrogen-bond donors (Lipinski definition) is 2. The van der Waals surface area contributed by atoms with Crippen LogP contribution in [0.1, 0.15) is 0 Å². The van der Waals surface area contributed by atoms with Crippen LogP contribution in [-0.2, 0) is 4.74 Å². The average molecular weight is 256 g/mol. The number of rotatable bonds is 8. The second kappa shape index (κ2) is 7.67. The van der Waals surface area contributed by atoms with Gasteiger partial charge < -0.3 is 24.8 Å². The molecule has 0 saturated heterocycles. The standard InChI is InChI=1S/C11H20N4O3/c1-12-10-9(18-3)11(14-8-13-10)15(4-6-16)5-7-17-2/h8,16H,4-7H2,1-3H3,(H,12,13,14). The van der Waals surface area contributed by atoms with E-state index in [2.05, 4.69) is 15.3 Å². The quantitative estimate of drug-likeness (QED) is 0.676. The molecule has 0 amide bonds. The first kappa shape index (κ1) is 14.5. The van der Waals surface area contributed by atoms with Gasteiger partial charge >= 0.3 is 0 Å². The van der Waals surface area contributed by atoms with Crippen LogP contribution in [0.5, 0.6) is 5.75 Å². The van der Waals surface area contributed by atoms with Crippen molar-refractivity contribution in [3.63, 3.8) is 0 Å². The largest absolute Gasteiger partial charge is 0.490 e. The number of ether oxygens (including phenoxy) is 2. The van der Waals surface area contributed by atoms with Crippen molar-refractivity contribution in [2.75, 3.05) is 57.8 Å². The topological polar surface area (TPSA) is 79.7 Å². The lowest BCUT2D eigenvalue weighted by Crippen LogP contribution is -2.31. The maximum Gasteiger partial charge on any atom is 0.204 e. The number of methoxy groups -OCH3 is 2. The van der Waals surface area contributed by atoms with E-state index in [9.17, 15) is 0 Å². The average Bonchev–Trinajstić information content (AvgIpc) is 2.42. The van der Waals surface area contributed by atoms with Gasteiger partial charge in [0.1, 0.15) is 6.33 Å². The van der Waals surface area contributed by atoms with Gasteiger partial charge in [0.15, 0.2) is 11.6 Å². The Balaban J connectivity index is 3.01. The molecule has 0 spiro atoms. The molecular formula is C11H20N4O3. The highest BCUT2D eigenvalue weighted by molar-refractivity contribution is 5.64. The highest BCUT2D eigenvalue weighted by Gasteiger charge is 2.17. The Bertz CT molecular complexity index is 362. The van der Waals surface area contributed by atoms with Crippen molar-refractivity contribution in [3.8, 4) is 5.75 Å². The second-order valence-corrected chi connectivity index (χ2v) is 3.53. The molecule has 1 heterocycles. The summed E-state index contributed by atoms with van der Waals surface area (Å²) in [4.78, 5) is 10.2. The van der Waals surface area contributed by atoms with E-state index in [1.807, 2.05) is 4.90 Å². The summed E-state index contributed by atoms with van der Waals surface area (Å²) in [5.74, 6) is 1.82. The van der Waals surface area contributed by atoms with Crippen molar-refractivity contribution in [3.05, 3.63) is 6.33 Å². The first-order chi connectivity index (χ1) is 8.78. The van der Waals surface area contributed by atoms with Crippen molar-refractivity contribution in [1.29, 1.82) is 0 Å². The van der Waals surface area contributed by atoms with Gasteiger partial charge in [0.25, 0.3) is 0 Å². The van der Waals surface area contributed by atoms with Crippen LogP contribution in [0.3, 0.4) is 0 Å². The van der Waals surface area contributed by atoms with Gasteiger partial charge in [-0.25, -0.2) is 9.97 Å². The van der Waals surface area contributed by atoms with E-state index in [1.165, 1.54) is 6.33 Å². The Kier molecular flexibility index (Phi) is 6.16. The number of hydrogen-bond acceptors (Lipinski definition) is 7. The molecule has 0 aromatic carbocycles. The highest BCUT2D eigenvalue weighted by Crippen LogP contribution is 2.31. The molecule has 0 radical (unpaired) electrons. The van der Waals surface area contributed by atoms with Crippen LogP contribution in [0, 0.1) is 0 Å². The fourth-order valence-corrected chi connectivity index (χ4v) is 1.60. The molecule has 0 aliphatic rings. The van der Waals surface area contributed by atoms with Crippen molar-refractivity contribution >= 4 is 11.6 Å². The van der Waals surface area contributed by atoms with Crippen LogP contribution in [0.25, 0.3) is 0 Å². The molecule has 0 aliphatic heterocycles. The molecule has 1 aromatic rings. The fourth-order valence-electron chi connectivity index (χ4n) is 1.60.